The van der Waals surface area contributed by atoms with Crippen LogP contribution in [-0.4, -0.2) is 23.1 Å². The summed E-state index contributed by atoms with van der Waals surface area (Å²) in [7, 11) is 0. The second-order valence-corrected chi connectivity index (χ2v) is 3.21. The second kappa shape index (κ2) is 5.72. The molecule has 1 atom stereocenters. The van der Waals surface area contributed by atoms with Crippen LogP contribution in [0.15, 0.2) is 30.3 Å². The number of carbonyl (C=O) groups excluding carboxylic acids is 1. The van der Waals surface area contributed by atoms with Gasteiger partial charge in [0, 0.05) is 6.42 Å². The van der Waals surface area contributed by atoms with E-state index in [4.69, 9.17) is 10.8 Å². The highest BCUT2D eigenvalue weighted by Gasteiger charge is 2.17. The van der Waals surface area contributed by atoms with Gasteiger partial charge in [0.25, 0.3) is 0 Å². The minimum atomic E-state index is -1.06. The van der Waals surface area contributed by atoms with Gasteiger partial charge < -0.3 is 10.8 Å². The summed E-state index contributed by atoms with van der Waals surface area (Å²) < 4.78 is 0. The van der Waals surface area contributed by atoms with Gasteiger partial charge in [0.05, 0.1) is 0 Å². The Bertz CT molecular complexity index is 367. The quantitative estimate of drug-likeness (QED) is 0.521. The lowest BCUT2D eigenvalue weighted by molar-refractivity contribution is -0.139. The zero-order valence-electron chi connectivity index (χ0n) is 8.51. The van der Waals surface area contributed by atoms with Gasteiger partial charge in [-0.3, -0.25) is 10.2 Å². The maximum Gasteiger partial charge on any atom is 0.326 e. The van der Waals surface area contributed by atoms with Crippen molar-refractivity contribution in [3.8, 4) is 0 Å². The molecule has 6 nitrogen and oxygen atoms in total. The normalized spacial score (nSPS) is 11.8. The molecule has 0 radical (unpaired) electrons. The van der Waals surface area contributed by atoms with Crippen molar-refractivity contribution < 1.29 is 14.7 Å². The lowest BCUT2D eigenvalue weighted by Crippen LogP contribution is -2.50. The van der Waals surface area contributed by atoms with Gasteiger partial charge in [-0.25, -0.2) is 10.2 Å². The fourth-order valence-electron chi connectivity index (χ4n) is 1.21. The number of nitrogens with two attached hydrogens (primary N) is 1. The van der Waals surface area contributed by atoms with E-state index in [0.717, 1.165) is 5.56 Å². The molecular weight excluding hydrogens is 210 g/mol. The number of hydrogen-bond donors (Lipinski definition) is 4. The summed E-state index contributed by atoms with van der Waals surface area (Å²) in [5.41, 5.74) is 10.1. The first kappa shape index (κ1) is 12.0. The van der Waals surface area contributed by atoms with Gasteiger partial charge in [-0.2, -0.15) is 0 Å². The predicted molar refractivity (Wildman–Crippen MR) is 57.4 cm³/mol. The fourth-order valence-corrected chi connectivity index (χ4v) is 1.21. The van der Waals surface area contributed by atoms with Crippen LogP contribution < -0.4 is 16.6 Å². The Labute approximate surface area is 92.4 Å². The molecule has 1 unspecified atom stereocenters. The molecule has 0 saturated heterocycles. The molecule has 6 heteroatoms. The topological polar surface area (TPSA) is 104 Å². The van der Waals surface area contributed by atoms with Crippen LogP contribution in [0.1, 0.15) is 5.56 Å². The van der Waals surface area contributed by atoms with Crippen LogP contribution in [0, 0.1) is 0 Å². The minimum absolute atomic E-state index is 0.260. The van der Waals surface area contributed by atoms with E-state index in [2.05, 4.69) is 10.9 Å². The smallest absolute Gasteiger partial charge is 0.326 e. The molecule has 0 spiro atoms. The molecule has 0 aliphatic rings. The molecule has 0 heterocycles. The Morgan fingerprint density at radius 3 is 2.44 bits per heavy atom. The first-order chi connectivity index (χ1) is 7.59. The number of urea groups is 1. The third-order valence-electron chi connectivity index (χ3n) is 1.95. The number of nitrogens with one attached hydrogen (secondary N) is 2. The van der Waals surface area contributed by atoms with Crippen molar-refractivity contribution in [2.45, 2.75) is 12.5 Å². The van der Waals surface area contributed by atoms with Crippen LogP contribution in [0.5, 0.6) is 0 Å². The van der Waals surface area contributed by atoms with E-state index in [9.17, 15) is 9.59 Å². The Hall–Kier alpha value is -2.08. The number of hydrazine groups is 1. The molecule has 5 N–H and O–H groups in total. The number of primary amides is 1. The molecule has 2 amide bonds. The number of carboxylic acid groups (broad SMARTS) is 1. The van der Waals surface area contributed by atoms with Crippen molar-refractivity contribution in [1.82, 2.24) is 10.9 Å². The molecular formula is C10H13N3O3. The molecule has 16 heavy (non-hydrogen) atoms. The zero-order valence-corrected chi connectivity index (χ0v) is 8.51. The SMILES string of the molecule is NC(=O)NNC(Cc1ccccc1)C(=O)O. The third kappa shape index (κ3) is 3.97. The Morgan fingerprint density at radius 1 is 1.31 bits per heavy atom. The molecule has 0 saturated carbocycles. The van der Waals surface area contributed by atoms with Crippen molar-refractivity contribution in [2.75, 3.05) is 0 Å². The van der Waals surface area contributed by atoms with Crippen LogP contribution in [0.25, 0.3) is 0 Å². The average Bonchev–Trinajstić information content (AvgIpc) is 2.25. The maximum atomic E-state index is 10.9. The summed E-state index contributed by atoms with van der Waals surface area (Å²) >= 11 is 0. The van der Waals surface area contributed by atoms with Crippen LogP contribution in [0.2, 0.25) is 0 Å². The van der Waals surface area contributed by atoms with Crippen LogP contribution >= 0.6 is 0 Å². The molecule has 0 aliphatic heterocycles. The molecule has 86 valence electrons. The summed E-state index contributed by atoms with van der Waals surface area (Å²) in [4.78, 5) is 21.3. The lowest BCUT2D eigenvalue weighted by atomic mass is 10.1. The number of carboxylic acids is 1. The van der Waals surface area contributed by atoms with E-state index in [1.54, 1.807) is 0 Å². The van der Waals surface area contributed by atoms with E-state index >= 15 is 0 Å². The molecule has 0 aromatic heterocycles. The molecule has 1 aromatic rings. The lowest BCUT2D eigenvalue weighted by Gasteiger charge is -2.14. The Balaban J connectivity index is 2.58. The van der Waals surface area contributed by atoms with Gasteiger partial charge in [0.2, 0.25) is 0 Å². The van der Waals surface area contributed by atoms with Crippen LogP contribution in [0.3, 0.4) is 0 Å². The fraction of sp³-hybridized carbons (Fsp3) is 0.200. The maximum absolute atomic E-state index is 10.9. The van der Waals surface area contributed by atoms with Crippen LogP contribution in [0.4, 0.5) is 4.79 Å². The van der Waals surface area contributed by atoms with E-state index in [-0.39, 0.29) is 6.42 Å². The zero-order chi connectivity index (χ0) is 12.0. The number of carbonyl (C=O) groups is 2. The Morgan fingerprint density at radius 2 is 1.94 bits per heavy atom. The summed E-state index contributed by atoms with van der Waals surface area (Å²) in [5, 5.41) is 8.89. The highest BCUT2D eigenvalue weighted by molar-refractivity contribution is 5.75. The van der Waals surface area contributed by atoms with Crippen molar-refractivity contribution >= 4 is 12.0 Å². The number of aliphatic carboxylic acids is 1. The van der Waals surface area contributed by atoms with E-state index in [0.29, 0.717) is 0 Å². The summed E-state index contributed by atoms with van der Waals surface area (Å²) in [6, 6.07) is 7.36. The first-order valence-electron chi connectivity index (χ1n) is 4.67. The van der Waals surface area contributed by atoms with Crippen molar-refractivity contribution in [3.05, 3.63) is 35.9 Å². The van der Waals surface area contributed by atoms with Crippen molar-refractivity contribution in [3.63, 3.8) is 0 Å². The second-order valence-electron chi connectivity index (χ2n) is 3.21. The average molecular weight is 223 g/mol. The number of rotatable bonds is 5. The largest absolute Gasteiger partial charge is 0.480 e. The van der Waals surface area contributed by atoms with Crippen LogP contribution in [-0.2, 0) is 11.2 Å². The predicted octanol–water partition coefficient (Wildman–Crippen LogP) is -0.145. The molecule has 1 aromatic carbocycles. The number of benzene rings is 1. The summed E-state index contributed by atoms with van der Waals surface area (Å²) in [6.07, 6.45) is 0.260. The standard InChI is InChI=1S/C10H13N3O3/c11-10(16)13-12-8(9(14)15)6-7-4-2-1-3-5-7/h1-5,8,12H,6H2,(H,14,15)(H3,11,13,16). The van der Waals surface area contributed by atoms with Gasteiger partial charge in [-0.05, 0) is 5.56 Å². The molecule has 0 bridgehead atoms. The van der Waals surface area contributed by atoms with Crippen molar-refractivity contribution in [1.29, 1.82) is 0 Å². The van der Waals surface area contributed by atoms with E-state index in [1.165, 1.54) is 0 Å². The van der Waals surface area contributed by atoms with E-state index in [1.807, 2.05) is 30.3 Å². The molecule has 0 fully saturated rings. The molecule has 0 aliphatic carbocycles. The van der Waals surface area contributed by atoms with E-state index < -0.39 is 18.0 Å². The summed E-state index contributed by atoms with van der Waals surface area (Å²) in [5.74, 6) is -1.06. The molecule has 1 rings (SSSR count). The monoisotopic (exact) mass is 223 g/mol. The highest BCUT2D eigenvalue weighted by Crippen LogP contribution is 2.02. The van der Waals surface area contributed by atoms with Gasteiger partial charge in [-0.15, -0.1) is 0 Å². The van der Waals surface area contributed by atoms with Gasteiger partial charge in [0.1, 0.15) is 6.04 Å². The number of amides is 2. The van der Waals surface area contributed by atoms with Crippen molar-refractivity contribution in [2.24, 2.45) is 5.73 Å². The van der Waals surface area contributed by atoms with Gasteiger partial charge in [-0.1, -0.05) is 30.3 Å². The first-order valence-corrected chi connectivity index (χ1v) is 4.67. The van der Waals surface area contributed by atoms with Gasteiger partial charge >= 0.3 is 12.0 Å². The Kier molecular flexibility index (Phi) is 4.28. The third-order valence-corrected chi connectivity index (χ3v) is 1.95. The minimum Gasteiger partial charge on any atom is -0.480 e. The van der Waals surface area contributed by atoms with Gasteiger partial charge in [0.15, 0.2) is 0 Å². The number of hydrogen-bond acceptors (Lipinski definition) is 3. The highest BCUT2D eigenvalue weighted by atomic mass is 16.4. The summed E-state index contributed by atoms with van der Waals surface area (Å²) in [6.45, 7) is 0.